The van der Waals surface area contributed by atoms with Crippen LogP contribution in [0.5, 0.6) is 0 Å². The summed E-state index contributed by atoms with van der Waals surface area (Å²) in [6.45, 7) is 0. The van der Waals surface area contributed by atoms with Crippen molar-refractivity contribution < 1.29 is 80.7 Å². The molecule has 0 rings (SSSR count). The molecule has 0 unspecified atom stereocenters. The predicted molar refractivity (Wildman–Crippen MR) is 1.37 cm³/mol. The summed E-state index contributed by atoms with van der Waals surface area (Å²) in [5.41, 5.74) is 0. The van der Waals surface area contributed by atoms with Crippen molar-refractivity contribution in [3.05, 3.63) is 0 Å². The van der Waals surface area contributed by atoms with Crippen molar-refractivity contribution >= 4 is 0 Å². The molecule has 7 heteroatoms. The first-order valence-electron chi connectivity index (χ1n) is 0.617. The zero-order chi connectivity index (χ0) is 4.50. The van der Waals surface area contributed by atoms with Crippen LogP contribution < -0.4 is 37.9 Å². The van der Waals surface area contributed by atoms with Gasteiger partial charge in [0.05, 0.1) is 0 Å². The van der Waals surface area contributed by atoms with Crippen LogP contribution in [0.1, 0.15) is 0 Å². The zero-order valence-electron chi connectivity index (χ0n) is 3.51. The van der Waals surface area contributed by atoms with Gasteiger partial charge in [-0.15, -0.1) is 0 Å². The largest absolute Gasteiger partial charge is 4.00 e. The first-order chi connectivity index (χ1) is 2.00. The Bertz CT molecular complexity index is 94.9. The van der Waals surface area contributed by atoms with Crippen LogP contribution >= 0.6 is 0 Å². The van der Waals surface area contributed by atoms with E-state index in [9.17, 15) is 0 Å². The van der Waals surface area contributed by atoms with Crippen molar-refractivity contribution in [2.45, 2.75) is 0 Å². The fourth-order valence-corrected chi connectivity index (χ4v) is 0. The van der Waals surface area contributed by atoms with Gasteiger partial charge < -0.3 is 0 Å². The smallest absolute Gasteiger partial charge is 4.00 e. The molecule has 0 aliphatic rings. The molecule has 33 valence electrons. The van der Waals surface area contributed by atoms with Gasteiger partial charge in [-0.05, 0) is 0 Å². The van der Waals surface area contributed by atoms with E-state index < -0.39 is 13.4 Å². The van der Waals surface area contributed by atoms with Gasteiger partial charge in [-0.3, -0.25) is 0 Å². The molecule has 0 bridgehead atoms. The summed E-state index contributed by atoms with van der Waals surface area (Å²) < 4.78 is 34.3. The van der Waals surface area contributed by atoms with Gasteiger partial charge in [0.25, 0.3) is 0 Å². The molecule has 0 heterocycles. The second-order valence-electron chi connectivity index (χ2n) is 0.378. The van der Waals surface area contributed by atoms with Crippen LogP contribution in [0.4, 0.5) is 0 Å². The molecule has 0 fully saturated rings. The molecule has 4 nitrogen and oxygen atoms in total. The first kappa shape index (κ1) is 15.9. The maximum Gasteiger partial charge on any atom is 4.00 e. The zero-order valence-corrected chi connectivity index (χ0v) is 8.25. The molecular formula is MnNaO4Ti+3. The minimum atomic E-state index is -5.62. The van der Waals surface area contributed by atoms with Gasteiger partial charge in [-0.25, -0.2) is 0 Å². The van der Waals surface area contributed by atoms with Crippen LogP contribution in [0.2, 0.25) is 0 Å². The van der Waals surface area contributed by atoms with Crippen molar-refractivity contribution in [1.82, 2.24) is 0 Å². The maximum atomic E-state index is 8.58. The van der Waals surface area contributed by atoms with Crippen LogP contribution in [-0.2, 0) is 42.8 Å². The Balaban J connectivity index is -0.0000000800. The summed E-state index contributed by atoms with van der Waals surface area (Å²) in [5, 5.41) is 0. The van der Waals surface area contributed by atoms with Crippen LogP contribution in [0.3, 0.4) is 0 Å². The van der Waals surface area contributed by atoms with Gasteiger partial charge in [0.1, 0.15) is 0 Å². The van der Waals surface area contributed by atoms with E-state index >= 15 is 0 Å². The van der Waals surface area contributed by atoms with E-state index in [1.54, 1.807) is 0 Å². The Morgan fingerprint density at radius 2 is 1.14 bits per heavy atom. The average molecular weight is 190 g/mol. The minimum Gasteiger partial charge on any atom is 4.00 e. The van der Waals surface area contributed by atoms with E-state index in [4.69, 9.17) is 16.0 Å². The van der Waals surface area contributed by atoms with Gasteiger partial charge in [0, 0.05) is 0 Å². The third-order valence-corrected chi connectivity index (χ3v) is 0. The van der Waals surface area contributed by atoms with Crippen molar-refractivity contribution in [3.8, 4) is 0 Å². The topological polar surface area (TPSA) is 80.3 Å². The van der Waals surface area contributed by atoms with Gasteiger partial charge in [0.2, 0.25) is 0 Å². The van der Waals surface area contributed by atoms with Gasteiger partial charge in [-0.1, -0.05) is 0 Å². The Hall–Kier alpha value is 1.75. The van der Waals surface area contributed by atoms with Crippen molar-refractivity contribution in [3.63, 3.8) is 0 Å². The summed E-state index contributed by atoms with van der Waals surface area (Å²) >= 11 is -5.62. The quantitative estimate of drug-likeness (QED) is 0.356. The molecule has 0 aliphatic heterocycles. The van der Waals surface area contributed by atoms with Gasteiger partial charge >= 0.3 is 80.7 Å². The summed E-state index contributed by atoms with van der Waals surface area (Å²) in [6, 6.07) is 0. The third-order valence-electron chi connectivity index (χ3n) is 0. The molecule has 0 saturated heterocycles. The predicted octanol–water partition coefficient (Wildman–Crippen LogP) is -5.62. The second-order valence-corrected chi connectivity index (χ2v) is 1.56. The van der Waals surface area contributed by atoms with Crippen LogP contribution in [0, 0.1) is 0 Å². The van der Waals surface area contributed by atoms with Crippen LogP contribution in [0.25, 0.3) is 0 Å². The Kier molecular flexibility index (Phi) is 13.4. The van der Waals surface area contributed by atoms with E-state index in [1.165, 1.54) is 0 Å². The Morgan fingerprint density at radius 1 is 1.14 bits per heavy atom. The summed E-state index contributed by atoms with van der Waals surface area (Å²) in [7, 11) is 0. The van der Waals surface area contributed by atoms with E-state index in [1.807, 2.05) is 0 Å². The fraction of sp³-hybridized carbons (Fsp3) is 0. The van der Waals surface area contributed by atoms with E-state index in [0.29, 0.717) is 0 Å². The molecule has 0 aliphatic carbocycles. The molecule has 0 aromatic heterocycles. The SMILES string of the molecule is [Na+].[O]=[Mn](=[O])([O-])[O-].[Ti+4]. The third kappa shape index (κ3) is 83.5. The molecular weight excluding hydrogens is 190 g/mol. The van der Waals surface area contributed by atoms with E-state index in [0.717, 1.165) is 0 Å². The molecule has 0 N–H and O–H groups in total. The fourth-order valence-electron chi connectivity index (χ4n) is 0. The summed E-state index contributed by atoms with van der Waals surface area (Å²) in [6.07, 6.45) is 0. The Labute approximate surface area is 79.7 Å². The molecule has 0 spiro atoms. The van der Waals surface area contributed by atoms with Crippen molar-refractivity contribution in [2.24, 2.45) is 0 Å². The number of hydrogen-bond acceptors (Lipinski definition) is 4. The van der Waals surface area contributed by atoms with Crippen molar-refractivity contribution in [2.75, 3.05) is 0 Å². The van der Waals surface area contributed by atoms with Crippen LogP contribution in [-0.4, -0.2) is 0 Å². The second kappa shape index (κ2) is 5.88. The molecule has 0 aromatic rings. The normalized spacial score (nSPS) is 8.29. The maximum absolute atomic E-state index is 8.58. The van der Waals surface area contributed by atoms with E-state index in [2.05, 4.69) is 0 Å². The standard InChI is InChI=1S/Mn.Na.4O.Ti/q;+1;;;2*-1;+4. The first-order valence-corrected chi connectivity index (χ1v) is 2.54. The number of hydrogen-bond donors (Lipinski definition) is 0. The number of rotatable bonds is 0. The molecule has 7 heavy (non-hydrogen) atoms. The molecule has 0 amide bonds. The molecule has 0 aromatic carbocycles. The van der Waals surface area contributed by atoms with Gasteiger partial charge in [0.15, 0.2) is 0 Å². The Morgan fingerprint density at radius 3 is 1.14 bits per heavy atom. The van der Waals surface area contributed by atoms with Crippen LogP contribution in [0.15, 0.2) is 0 Å². The minimum absolute atomic E-state index is 0. The molecule has 0 atom stereocenters. The monoisotopic (exact) mass is 190 g/mol. The molecule has 0 radical (unpaired) electrons. The van der Waals surface area contributed by atoms with Crippen molar-refractivity contribution in [1.29, 1.82) is 0 Å². The average Bonchev–Trinajstić information content (AvgIpc) is 0.722. The summed E-state index contributed by atoms with van der Waals surface area (Å²) in [4.78, 5) is 0. The summed E-state index contributed by atoms with van der Waals surface area (Å²) in [5.74, 6) is 0. The van der Waals surface area contributed by atoms with E-state index in [-0.39, 0.29) is 51.3 Å². The molecule has 0 saturated carbocycles. The van der Waals surface area contributed by atoms with Gasteiger partial charge in [-0.2, -0.15) is 0 Å².